The second kappa shape index (κ2) is 8.61. The Labute approximate surface area is 163 Å². The van der Waals surface area contributed by atoms with Gasteiger partial charge in [-0.05, 0) is 43.2 Å². The number of nitrogens with one attached hydrogen (secondary N) is 1. The summed E-state index contributed by atoms with van der Waals surface area (Å²) in [5.41, 5.74) is 2.78. The number of hydrogen-bond acceptors (Lipinski definition) is 4. The molecule has 0 bridgehead atoms. The van der Waals surface area contributed by atoms with E-state index >= 15 is 0 Å². The zero-order chi connectivity index (χ0) is 20.1. The summed E-state index contributed by atoms with van der Waals surface area (Å²) < 4.78 is 12.3. The fraction of sp³-hybridized carbons (Fsp3) is 0.273. The molecule has 0 aliphatic rings. The quantitative estimate of drug-likeness (QED) is 0.684. The summed E-state index contributed by atoms with van der Waals surface area (Å²) in [4.78, 5) is 24.4. The lowest BCUT2D eigenvalue weighted by molar-refractivity contribution is -0.121. The van der Waals surface area contributed by atoms with E-state index in [9.17, 15) is 9.59 Å². The van der Waals surface area contributed by atoms with Crippen LogP contribution in [0.1, 0.15) is 11.1 Å². The van der Waals surface area contributed by atoms with E-state index in [1.165, 1.54) is 6.07 Å². The maximum atomic E-state index is 12.4. The third kappa shape index (κ3) is 4.34. The highest BCUT2D eigenvalue weighted by Gasteiger charge is 2.08. The molecule has 1 aromatic heterocycles. The third-order valence-corrected chi connectivity index (χ3v) is 4.63. The molecule has 146 valence electrons. The molecule has 0 fully saturated rings. The zero-order valence-electron chi connectivity index (χ0n) is 16.3. The highest BCUT2D eigenvalue weighted by Crippen LogP contribution is 2.27. The summed E-state index contributed by atoms with van der Waals surface area (Å²) in [6.45, 7) is 2.61. The zero-order valence-corrected chi connectivity index (χ0v) is 16.3. The Balaban J connectivity index is 1.63. The fourth-order valence-corrected chi connectivity index (χ4v) is 3.16. The lowest BCUT2D eigenvalue weighted by Crippen LogP contribution is -2.29. The first kappa shape index (κ1) is 19.5. The maximum Gasteiger partial charge on any atom is 0.239 e. The smallest absolute Gasteiger partial charge is 0.239 e. The summed E-state index contributed by atoms with van der Waals surface area (Å²) in [5.74, 6) is 1.24. The first-order valence-electron chi connectivity index (χ1n) is 9.09. The second-order valence-electron chi connectivity index (χ2n) is 6.62. The first-order valence-corrected chi connectivity index (χ1v) is 9.09. The molecule has 0 aliphatic carbocycles. The molecule has 6 heteroatoms. The second-order valence-corrected chi connectivity index (χ2v) is 6.62. The first-order chi connectivity index (χ1) is 13.5. The van der Waals surface area contributed by atoms with Crippen molar-refractivity contribution in [2.45, 2.75) is 19.9 Å². The van der Waals surface area contributed by atoms with Gasteiger partial charge in [0, 0.05) is 24.2 Å². The van der Waals surface area contributed by atoms with Gasteiger partial charge in [-0.2, -0.15) is 0 Å². The molecule has 6 nitrogen and oxygen atoms in total. The predicted molar refractivity (Wildman–Crippen MR) is 109 cm³/mol. The average Bonchev–Trinajstić information content (AvgIpc) is 2.70. The number of benzene rings is 2. The highest BCUT2D eigenvalue weighted by atomic mass is 16.5. The number of ether oxygens (including phenoxy) is 2. The largest absolute Gasteiger partial charge is 0.493 e. The minimum atomic E-state index is -0.106. The van der Waals surface area contributed by atoms with Crippen LogP contribution in [0.15, 0.2) is 53.5 Å². The minimum Gasteiger partial charge on any atom is -0.493 e. The molecule has 0 aliphatic heterocycles. The molecule has 0 unspecified atom stereocenters. The van der Waals surface area contributed by atoms with Crippen molar-refractivity contribution in [1.82, 2.24) is 9.88 Å². The number of pyridine rings is 1. The number of aryl methyl sites for hydroxylation is 1. The predicted octanol–water partition coefficient (Wildman–Crippen LogP) is 2.69. The summed E-state index contributed by atoms with van der Waals surface area (Å²) in [6, 6.07) is 12.9. The fourth-order valence-electron chi connectivity index (χ4n) is 3.16. The monoisotopic (exact) mass is 380 g/mol. The van der Waals surface area contributed by atoms with Crippen LogP contribution in [-0.2, 0) is 17.8 Å². The van der Waals surface area contributed by atoms with Crippen LogP contribution in [-0.4, -0.2) is 31.2 Å². The Kier molecular flexibility index (Phi) is 5.99. The Morgan fingerprint density at radius 2 is 1.82 bits per heavy atom. The van der Waals surface area contributed by atoms with Gasteiger partial charge in [0.2, 0.25) is 5.91 Å². The van der Waals surface area contributed by atoms with Gasteiger partial charge < -0.3 is 19.4 Å². The number of fused-ring (bicyclic) bond motifs is 1. The van der Waals surface area contributed by atoms with Crippen LogP contribution in [0.3, 0.4) is 0 Å². The molecule has 1 amide bonds. The minimum absolute atomic E-state index is 0.0381. The summed E-state index contributed by atoms with van der Waals surface area (Å²) in [6.07, 6.45) is 2.34. The van der Waals surface area contributed by atoms with Gasteiger partial charge in [0.1, 0.15) is 6.54 Å². The van der Waals surface area contributed by atoms with Gasteiger partial charge in [-0.25, -0.2) is 0 Å². The van der Waals surface area contributed by atoms with Crippen molar-refractivity contribution in [2.75, 3.05) is 20.8 Å². The van der Waals surface area contributed by atoms with E-state index in [1.54, 1.807) is 25.0 Å². The molecule has 0 saturated carbocycles. The summed E-state index contributed by atoms with van der Waals surface area (Å²) >= 11 is 0. The number of hydrogen-bond donors (Lipinski definition) is 1. The molecule has 3 aromatic rings. The molecular weight excluding hydrogens is 356 g/mol. The molecular formula is C22H24N2O4. The standard InChI is InChI=1S/C22H24N2O4/c1-15-4-6-18-17(12-15)19(25)9-11-24(18)14-22(26)23-10-8-16-5-7-20(27-2)21(13-16)28-3/h4-7,9,11-13H,8,10,14H2,1-3H3,(H,23,26). The Hall–Kier alpha value is -3.28. The van der Waals surface area contributed by atoms with Crippen molar-refractivity contribution in [1.29, 1.82) is 0 Å². The van der Waals surface area contributed by atoms with Gasteiger partial charge in [0.05, 0.1) is 19.7 Å². The van der Waals surface area contributed by atoms with Crippen molar-refractivity contribution in [3.63, 3.8) is 0 Å². The van der Waals surface area contributed by atoms with E-state index in [0.29, 0.717) is 29.9 Å². The SMILES string of the molecule is COc1ccc(CCNC(=O)Cn2ccc(=O)c3cc(C)ccc32)cc1OC. The van der Waals surface area contributed by atoms with Crippen LogP contribution in [0.4, 0.5) is 0 Å². The van der Waals surface area contributed by atoms with Gasteiger partial charge >= 0.3 is 0 Å². The topological polar surface area (TPSA) is 69.6 Å². The Morgan fingerprint density at radius 1 is 1.04 bits per heavy atom. The molecule has 1 heterocycles. The van der Waals surface area contributed by atoms with Crippen molar-refractivity contribution >= 4 is 16.8 Å². The van der Waals surface area contributed by atoms with Gasteiger partial charge in [-0.1, -0.05) is 17.7 Å². The van der Waals surface area contributed by atoms with Crippen LogP contribution in [0.2, 0.25) is 0 Å². The van der Waals surface area contributed by atoms with Gasteiger partial charge in [-0.3, -0.25) is 9.59 Å². The van der Waals surface area contributed by atoms with Crippen molar-refractivity contribution in [3.05, 3.63) is 70.0 Å². The van der Waals surface area contributed by atoms with Crippen LogP contribution in [0, 0.1) is 6.92 Å². The Bertz CT molecular complexity index is 1060. The third-order valence-electron chi connectivity index (χ3n) is 4.63. The summed E-state index contributed by atoms with van der Waals surface area (Å²) in [5, 5.41) is 3.55. The van der Waals surface area contributed by atoms with E-state index in [1.807, 2.05) is 43.3 Å². The highest BCUT2D eigenvalue weighted by molar-refractivity contribution is 5.82. The lowest BCUT2D eigenvalue weighted by atomic mass is 10.1. The van der Waals surface area contributed by atoms with Gasteiger partial charge in [-0.15, -0.1) is 0 Å². The lowest BCUT2D eigenvalue weighted by Gasteiger charge is -2.12. The number of aromatic nitrogens is 1. The maximum absolute atomic E-state index is 12.4. The van der Waals surface area contributed by atoms with Crippen LogP contribution in [0.25, 0.3) is 10.9 Å². The number of rotatable bonds is 7. The molecule has 1 N–H and O–H groups in total. The van der Waals surface area contributed by atoms with E-state index in [4.69, 9.17) is 9.47 Å². The van der Waals surface area contributed by atoms with E-state index in [-0.39, 0.29) is 17.9 Å². The average molecular weight is 380 g/mol. The molecule has 0 radical (unpaired) electrons. The van der Waals surface area contributed by atoms with Crippen LogP contribution in [0.5, 0.6) is 11.5 Å². The molecule has 0 atom stereocenters. The molecule has 2 aromatic carbocycles. The number of nitrogens with zero attached hydrogens (tertiary/aromatic N) is 1. The molecule has 0 spiro atoms. The van der Waals surface area contributed by atoms with Crippen molar-refractivity contribution < 1.29 is 14.3 Å². The number of methoxy groups -OCH3 is 2. The number of amides is 1. The van der Waals surface area contributed by atoms with E-state index < -0.39 is 0 Å². The van der Waals surface area contributed by atoms with Crippen LogP contribution >= 0.6 is 0 Å². The van der Waals surface area contributed by atoms with Gasteiger partial charge in [0.15, 0.2) is 16.9 Å². The summed E-state index contributed by atoms with van der Waals surface area (Å²) in [7, 11) is 3.19. The van der Waals surface area contributed by atoms with Crippen molar-refractivity contribution in [3.8, 4) is 11.5 Å². The van der Waals surface area contributed by atoms with Crippen molar-refractivity contribution in [2.24, 2.45) is 0 Å². The van der Waals surface area contributed by atoms with E-state index in [0.717, 1.165) is 16.6 Å². The number of carbonyl (C=O) groups is 1. The molecule has 0 saturated heterocycles. The normalized spacial score (nSPS) is 10.7. The van der Waals surface area contributed by atoms with Gasteiger partial charge in [0.25, 0.3) is 0 Å². The van der Waals surface area contributed by atoms with Crippen LogP contribution < -0.4 is 20.2 Å². The molecule has 3 rings (SSSR count). The Morgan fingerprint density at radius 3 is 2.57 bits per heavy atom. The number of carbonyl (C=O) groups excluding carboxylic acids is 1. The van der Waals surface area contributed by atoms with E-state index in [2.05, 4.69) is 5.32 Å². The molecule has 28 heavy (non-hydrogen) atoms.